The average Bonchev–Trinajstić information content (AvgIpc) is 3.39. The Morgan fingerprint density at radius 1 is 0.468 bits per heavy atom. The highest BCUT2D eigenvalue weighted by molar-refractivity contribution is 7.45. The lowest BCUT2D eigenvalue weighted by atomic mass is 10.0. The Balaban J connectivity index is 4.25. The maximum atomic E-state index is 13.0. The van der Waals surface area contributed by atoms with Gasteiger partial charge in [-0.25, -0.2) is 0 Å². The van der Waals surface area contributed by atoms with Crippen molar-refractivity contribution in [1.29, 1.82) is 0 Å². The SMILES string of the molecule is CC/C=C\C/C=C\C/C=C\C/C=C\C/C=C\C/C=C\CCCCCCCCCCCCC(=O)NC(COP(=O)([O-])OCC[N+](C)(C)C)C(O)/C=C/CC/C=C/CC/C=C/CCCCCCCCCCCCCCCCCC. The Kier molecular flexibility index (Phi) is 55.7. The van der Waals surface area contributed by atoms with E-state index in [0.29, 0.717) is 17.4 Å². The van der Waals surface area contributed by atoms with Gasteiger partial charge in [-0.15, -0.1) is 0 Å². The number of unbranched alkanes of at least 4 members (excludes halogenated alkanes) is 28. The van der Waals surface area contributed by atoms with E-state index in [2.05, 4.69) is 116 Å². The minimum Gasteiger partial charge on any atom is -0.756 e. The molecule has 3 unspecified atom stereocenters. The second-order valence-corrected chi connectivity index (χ2v) is 23.8. The lowest BCUT2D eigenvalue weighted by Gasteiger charge is -2.29. The number of aliphatic hydroxyl groups is 1. The highest BCUT2D eigenvalue weighted by Crippen LogP contribution is 2.38. The van der Waals surface area contributed by atoms with Crippen molar-refractivity contribution in [3.63, 3.8) is 0 Å². The van der Waals surface area contributed by atoms with E-state index in [4.69, 9.17) is 9.05 Å². The van der Waals surface area contributed by atoms with Crippen LogP contribution in [0.15, 0.2) is 109 Å². The maximum Gasteiger partial charge on any atom is 0.268 e. The van der Waals surface area contributed by atoms with E-state index in [1.54, 1.807) is 6.08 Å². The van der Waals surface area contributed by atoms with Crippen LogP contribution in [0, 0.1) is 0 Å². The molecule has 1 amide bonds. The number of phosphoric ester groups is 1. The molecule has 0 heterocycles. The van der Waals surface area contributed by atoms with Gasteiger partial charge in [0, 0.05) is 6.42 Å². The van der Waals surface area contributed by atoms with E-state index >= 15 is 0 Å². The molecule has 0 bridgehead atoms. The molecule has 0 aromatic heterocycles. The number of aliphatic hydroxyl groups excluding tert-OH is 1. The number of hydrogen-bond donors (Lipinski definition) is 2. The number of rotatable bonds is 57. The number of phosphoric acid groups is 1. The normalized spacial score (nSPS) is 14.5. The number of carbonyl (C=O) groups excluding carboxylic acids is 1. The molecular weight excluding hydrogens is 972 g/mol. The van der Waals surface area contributed by atoms with Gasteiger partial charge in [0.15, 0.2) is 0 Å². The van der Waals surface area contributed by atoms with Gasteiger partial charge >= 0.3 is 0 Å². The molecule has 2 N–H and O–H groups in total. The summed E-state index contributed by atoms with van der Waals surface area (Å²) in [5.74, 6) is -0.219. The third-order valence-corrected chi connectivity index (χ3v) is 14.7. The molecule has 3 atom stereocenters. The second kappa shape index (κ2) is 57.8. The lowest BCUT2D eigenvalue weighted by molar-refractivity contribution is -0.870. The third kappa shape index (κ3) is 60.6. The number of allylic oxidation sites excluding steroid dienone is 17. The van der Waals surface area contributed by atoms with E-state index in [0.717, 1.165) is 89.9 Å². The fourth-order valence-corrected chi connectivity index (χ4v) is 9.50. The van der Waals surface area contributed by atoms with Crippen molar-refractivity contribution in [2.45, 2.75) is 276 Å². The molecule has 0 aliphatic heterocycles. The minimum atomic E-state index is -4.62. The Labute approximate surface area is 476 Å². The van der Waals surface area contributed by atoms with Crippen molar-refractivity contribution in [2.75, 3.05) is 40.9 Å². The zero-order chi connectivity index (χ0) is 56.3. The molecule has 0 rings (SSSR count). The molecule has 0 aromatic rings. The number of hydrogen-bond acceptors (Lipinski definition) is 6. The molecule has 0 spiro atoms. The van der Waals surface area contributed by atoms with Crippen LogP contribution in [0.25, 0.3) is 0 Å². The van der Waals surface area contributed by atoms with Crippen LogP contribution in [-0.2, 0) is 18.4 Å². The number of carbonyl (C=O) groups is 1. The van der Waals surface area contributed by atoms with Crippen LogP contribution in [0.2, 0.25) is 0 Å². The number of likely N-dealkylation sites (N-methyl/N-ethyl adjacent to an activating group) is 1. The summed E-state index contributed by atoms with van der Waals surface area (Å²) in [7, 11) is 1.22. The summed E-state index contributed by atoms with van der Waals surface area (Å²) in [6.45, 7) is 4.51. The van der Waals surface area contributed by atoms with Gasteiger partial charge in [-0.3, -0.25) is 9.36 Å². The first-order valence-corrected chi connectivity index (χ1v) is 33.2. The Morgan fingerprint density at radius 2 is 0.805 bits per heavy atom. The Morgan fingerprint density at radius 3 is 1.21 bits per heavy atom. The highest BCUT2D eigenvalue weighted by Gasteiger charge is 2.23. The largest absolute Gasteiger partial charge is 0.756 e. The number of nitrogens with zero attached hydrogens (tertiary/aromatic N) is 1. The van der Waals surface area contributed by atoms with Crippen molar-refractivity contribution in [3.8, 4) is 0 Å². The molecule has 9 heteroatoms. The van der Waals surface area contributed by atoms with E-state index in [1.165, 1.54) is 154 Å². The van der Waals surface area contributed by atoms with E-state index in [1.807, 2.05) is 27.2 Å². The predicted molar refractivity (Wildman–Crippen MR) is 334 cm³/mol. The lowest BCUT2D eigenvalue weighted by Crippen LogP contribution is -2.45. The Bertz CT molecular complexity index is 1620. The highest BCUT2D eigenvalue weighted by atomic mass is 31.2. The third-order valence-electron chi connectivity index (χ3n) is 13.7. The van der Waals surface area contributed by atoms with Crippen molar-refractivity contribution < 1.29 is 32.9 Å². The van der Waals surface area contributed by atoms with E-state index in [9.17, 15) is 19.4 Å². The van der Waals surface area contributed by atoms with Crippen LogP contribution < -0.4 is 10.2 Å². The van der Waals surface area contributed by atoms with Crippen LogP contribution >= 0.6 is 7.82 Å². The molecule has 8 nitrogen and oxygen atoms in total. The van der Waals surface area contributed by atoms with Gasteiger partial charge in [0.05, 0.1) is 39.9 Å². The fraction of sp³-hybridized carbons (Fsp3) is 0.721. The minimum absolute atomic E-state index is 0.0150. The summed E-state index contributed by atoms with van der Waals surface area (Å²) >= 11 is 0. The maximum absolute atomic E-state index is 13.0. The van der Waals surface area contributed by atoms with Crippen LogP contribution in [0.4, 0.5) is 0 Å². The van der Waals surface area contributed by atoms with E-state index in [-0.39, 0.29) is 12.5 Å². The van der Waals surface area contributed by atoms with Crippen molar-refractivity contribution >= 4 is 13.7 Å². The van der Waals surface area contributed by atoms with Gasteiger partial charge in [0.1, 0.15) is 13.2 Å². The monoisotopic (exact) mass is 1090 g/mol. The zero-order valence-electron chi connectivity index (χ0n) is 50.6. The second-order valence-electron chi connectivity index (χ2n) is 22.4. The van der Waals surface area contributed by atoms with Gasteiger partial charge < -0.3 is 28.8 Å². The zero-order valence-corrected chi connectivity index (χ0v) is 51.5. The van der Waals surface area contributed by atoms with Crippen molar-refractivity contribution in [3.05, 3.63) is 109 Å². The van der Waals surface area contributed by atoms with Crippen LogP contribution in [0.5, 0.6) is 0 Å². The molecule has 0 aliphatic carbocycles. The number of nitrogens with one attached hydrogen (secondary N) is 1. The quantitative estimate of drug-likeness (QED) is 0.0272. The molecular formula is C68H121N2O6P. The number of quaternary nitrogens is 1. The summed E-state index contributed by atoms with van der Waals surface area (Å²) < 4.78 is 23.4. The molecule has 0 radical (unpaired) electrons. The van der Waals surface area contributed by atoms with Crippen LogP contribution in [-0.4, -0.2) is 68.5 Å². The average molecular weight is 1090 g/mol. The summed E-state index contributed by atoms with van der Waals surface area (Å²) in [6, 6.07) is -0.921. The van der Waals surface area contributed by atoms with Crippen LogP contribution in [0.3, 0.4) is 0 Å². The summed E-state index contributed by atoms with van der Waals surface area (Å²) in [5, 5.41) is 13.9. The summed E-state index contributed by atoms with van der Waals surface area (Å²) in [5.41, 5.74) is 0. The van der Waals surface area contributed by atoms with Gasteiger partial charge in [-0.05, 0) is 96.3 Å². The predicted octanol–water partition coefficient (Wildman–Crippen LogP) is 19.3. The van der Waals surface area contributed by atoms with E-state index < -0.39 is 26.6 Å². The van der Waals surface area contributed by atoms with Gasteiger partial charge in [0.25, 0.3) is 7.82 Å². The first-order valence-electron chi connectivity index (χ1n) is 31.7. The van der Waals surface area contributed by atoms with Gasteiger partial charge in [0.2, 0.25) is 5.91 Å². The molecule has 0 saturated heterocycles. The standard InChI is InChI=1S/C68H121N2O6P/c1-6-8-10-12-14-16-18-20-22-24-26-28-30-32-34-35-36-38-40-42-44-46-48-50-52-54-56-58-60-62-68(72)69-66(65-76-77(73,74)75-64-63-70(3,4)5)67(71)61-59-57-55-53-51-49-47-45-43-41-39-37-33-31-29-27-25-23-21-19-17-15-13-11-9-7-2/h8,10,14,16,20,22,26,28,32,34,36,38,43,45,51,53,59,61,66-67,71H,6-7,9,11-13,15,17-19,21,23-25,27,29-31,33,35,37,39-42,44,46-50,52,54-58,60,62-65H2,1-5H3,(H-,69,72,73,74)/b10-8-,16-14-,22-20-,28-26-,34-32-,38-36-,45-43+,53-51+,61-59+. The molecule has 0 aliphatic rings. The topological polar surface area (TPSA) is 108 Å². The molecule has 0 fully saturated rings. The molecule has 77 heavy (non-hydrogen) atoms. The van der Waals surface area contributed by atoms with Crippen molar-refractivity contribution in [2.24, 2.45) is 0 Å². The summed E-state index contributed by atoms with van der Waals surface area (Å²) in [4.78, 5) is 25.6. The van der Waals surface area contributed by atoms with Crippen LogP contribution in [0.1, 0.15) is 264 Å². The van der Waals surface area contributed by atoms with Crippen molar-refractivity contribution in [1.82, 2.24) is 5.32 Å². The number of amides is 1. The van der Waals surface area contributed by atoms with Gasteiger partial charge in [-0.2, -0.15) is 0 Å². The van der Waals surface area contributed by atoms with Gasteiger partial charge in [-0.1, -0.05) is 271 Å². The summed E-state index contributed by atoms with van der Waals surface area (Å²) in [6.07, 6.45) is 84.7. The molecule has 0 saturated carbocycles. The first-order chi connectivity index (χ1) is 37.5. The molecule has 0 aromatic carbocycles. The Hall–Kier alpha value is -2.84. The molecule has 444 valence electrons. The fourth-order valence-electron chi connectivity index (χ4n) is 8.78. The smallest absolute Gasteiger partial charge is 0.268 e. The first kappa shape index (κ1) is 74.2.